The summed E-state index contributed by atoms with van der Waals surface area (Å²) in [6.45, 7) is 4.16. The smallest absolute Gasteiger partial charge is 0.119 e. The molecule has 2 rings (SSSR count). The molecular weight excluding hydrogens is 210 g/mol. The zero-order chi connectivity index (χ0) is 11.9. The Morgan fingerprint density at radius 1 is 1.29 bits per heavy atom. The van der Waals surface area contributed by atoms with Crippen molar-refractivity contribution in [3.8, 4) is 5.75 Å². The second-order valence-electron chi connectivity index (χ2n) is 4.86. The van der Waals surface area contributed by atoms with E-state index in [9.17, 15) is 0 Å². The fraction of sp³-hybridized carbons (Fsp3) is 0.600. The molecule has 1 aliphatic carbocycles. The van der Waals surface area contributed by atoms with Crippen molar-refractivity contribution in [1.82, 2.24) is 5.32 Å². The quantitative estimate of drug-likeness (QED) is 0.696. The van der Waals surface area contributed by atoms with Gasteiger partial charge >= 0.3 is 0 Å². The van der Waals surface area contributed by atoms with Gasteiger partial charge in [-0.25, -0.2) is 0 Å². The van der Waals surface area contributed by atoms with Crippen molar-refractivity contribution in [2.75, 3.05) is 13.2 Å². The third kappa shape index (κ3) is 4.39. The molecule has 2 atom stereocenters. The molecule has 0 bridgehead atoms. The molecule has 0 amide bonds. The summed E-state index contributed by atoms with van der Waals surface area (Å²) in [5, 5.41) is 3.60. The minimum atomic E-state index is 0.798. The van der Waals surface area contributed by atoms with Gasteiger partial charge in [-0.3, -0.25) is 0 Å². The molecule has 0 heterocycles. The lowest BCUT2D eigenvalue weighted by Gasteiger charge is -2.06. The first kappa shape index (κ1) is 12.4. The number of benzene rings is 1. The predicted molar refractivity (Wildman–Crippen MR) is 71.4 cm³/mol. The Hall–Kier alpha value is -1.02. The van der Waals surface area contributed by atoms with E-state index in [1.807, 2.05) is 30.3 Å². The molecule has 2 heteroatoms. The Kier molecular flexibility index (Phi) is 4.87. The number of ether oxygens (including phenoxy) is 1. The minimum Gasteiger partial charge on any atom is -0.494 e. The van der Waals surface area contributed by atoms with Crippen molar-refractivity contribution in [1.29, 1.82) is 0 Å². The largest absolute Gasteiger partial charge is 0.494 e. The Morgan fingerprint density at radius 3 is 2.88 bits per heavy atom. The maximum Gasteiger partial charge on any atom is 0.119 e. The van der Waals surface area contributed by atoms with Crippen LogP contribution in [-0.4, -0.2) is 19.2 Å². The lowest BCUT2D eigenvalue weighted by Crippen LogP contribution is -2.21. The van der Waals surface area contributed by atoms with Crippen molar-refractivity contribution in [2.45, 2.75) is 38.6 Å². The van der Waals surface area contributed by atoms with E-state index in [1.54, 1.807) is 0 Å². The van der Waals surface area contributed by atoms with Gasteiger partial charge in [0.1, 0.15) is 5.75 Å². The number of rotatable bonds is 8. The molecule has 17 heavy (non-hydrogen) atoms. The summed E-state index contributed by atoms with van der Waals surface area (Å²) in [4.78, 5) is 0. The average molecular weight is 233 g/mol. The van der Waals surface area contributed by atoms with Gasteiger partial charge in [0.2, 0.25) is 0 Å². The molecule has 1 aromatic rings. The first-order chi connectivity index (χ1) is 8.40. The molecule has 0 saturated heterocycles. The average Bonchev–Trinajstić information content (AvgIpc) is 3.09. The predicted octanol–water partition coefficient (Wildman–Crippen LogP) is 3.23. The second kappa shape index (κ2) is 6.65. The van der Waals surface area contributed by atoms with Gasteiger partial charge in [0, 0.05) is 6.04 Å². The van der Waals surface area contributed by atoms with Gasteiger partial charge in [-0.15, -0.1) is 0 Å². The normalized spacial score (nSPS) is 22.4. The molecule has 1 saturated carbocycles. The molecule has 1 aromatic carbocycles. The molecule has 0 aliphatic heterocycles. The first-order valence-corrected chi connectivity index (χ1v) is 6.81. The molecule has 0 spiro atoms. The molecule has 1 N–H and O–H groups in total. The highest BCUT2D eigenvalue weighted by molar-refractivity contribution is 5.20. The van der Waals surface area contributed by atoms with Crippen molar-refractivity contribution < 1.29 is 4.74 Å². The van der Waals surface area contributed by atoms with Crippen molar-refractivity contribution in [2.24, 2.45) is 5.92 Å². The molecule has 2 nitrogen and oxygen atoms in total. The van der Waals surface area contributed by atoms with Crippen LogP contribution in [0.15, 0.2) is 30.3 Å². The van der Waals surface area contributed by atoms with Crippen LogP contribution in [0.1, 0.15) is 32.6 Å². The van der Waals surface area contributed by atoms with Crippen LogP contribution in [0.2, 0.25) is 0 Å². The Balaban J connectivity index is 1.48. The summed E-state index contributed by atoms with van der Waals surface area (Å²) in [6, 6.07) is 10.8. The number of nitrogens with one attached hydrogen (secondary N) is 1. The van der Waals surface area contributed by atoms with Gasteiger partial charge in [-0.2, -0.15) is 0 Å². The number of hydrogen-bond acceptors (Lipinski definition) is 2. The molecular formula is C15H23NO. The summed E-state index contributed by atoms with van der Waals surface area (Å²) >= 11 is 0. The lowest BCUT2D eigenvalue weighted by molar-refractivity contribution is 0.307. The van der Waals surface area contributed by atoms with E-state index in [0.29, 0.717) is 0 Å². The minimum absolute atomic E-state index is 0.798. The monoisotopic (exact) mass is 233 g/mol. The van der Waals surface area contributed by atoms with Crippen LogP contribution in [0.25, 0.3) is 0 Å². The van der Waals surface area contributed by atoms with E-state index in [0.717, 1.165) is 37.3 Å². The van der Waals surface area contributed by atoms with E-state index >= 15 is 0 Å². The second-order valence-corrected chi connectivity index (χ2v) is 4.86. The number of hydrogen-bond donors (Lipinski definition) is 1. The standard InChI is InChI=1S/C15H23NO/c1-2-7-13-12-15(13)16-10-6-11-17-14-8-4-3-5-9-14/h3-5,8-9,13,15-16H,2,6-7,10-12H2,1H3. The summed E-state index contributed by atoms with van der Waals surface area (Å²) in [7, 11) is 0. The Morgan fingerprint density at radius 2 is 2.12 bits per heavy atom. The van der Waals surface area contributed by atoms with Gasteiger partial charge in [0.25, 0.3) is 0 Å². The highest BCUT2D eigenvalue weighted by atomic mass is 16.5. The molecule has 94 valence electrons. The SMILES string of the molecule is CCCC1CC1NCCCOc1ccccc1. The van der Waals surface area contributed by atoms with Gasteiger partial charge in [0.05, 0.1) is 6.61 Å². The van der Waals surface area contributed by atoms with E-state index in [2.05, 4.69) is 12.2 Å². The molecule has 1 aliphatic rings. The third-order valence-electron chi connectivity index (χ3n) is 3.32. The van der Waals surface area contributed by atoms with Crippen LogP contribution >= 0.6 is 0 Å². The van der Waals surface area contributed by atoms with Crippen LogP contribution in [0, 0.1) is 5.92 Å². The van der Waals surface area contributed by atoms with Gasteiger partial charge in [-0.05, 0) is 43.9 Å². The fourth-order valence-corrected chi connectivity index (χ4v) is 2.25. The van der Waals surface area contributed by atoms with Gasteiger partial charge in [0.15, 0.2) is 0 Å². The van der Waals surface area contributed by atoms with Crippen molar-refractivity contribution in [3.05, 3.63) is 30.3 Å². The third-order valence-corrected chi connectivity index (χ3v) is 3.32. The Bertz CT molecular complexity index is 312. The highest BCUT2D eigenvalue weighted by Gasteiger charge is 2.34. The highest BCUT2D eigenvalue weighted by Crippen LogP contribution is 2.34. The van der Waals surface area contributed by atoms with Gasteiger partial charge in [-0.1, -0.05) is 31.5 Å². The maximum atomic E-state index is 5.64. The lowest BCUT2D eigenvalue weighted by atomic mass is 10.2. The molecule has 2 unspecified atom stereocenters. The van der Waals surface area contributed by atoms with Crippen molar-refractivity contribution >= 4 is 0 Å². The zero-order valence-electron chi connectivity index (χ0n) is 10.7. The summed E-state index contributed by atoms with van der Waals surface area (Å²) in [5.74, 6) is 1.93. The van der Waals surface area contributed by atoms with Crippen LogP contribution in [0.4, 0.5) is 0 Å². The van der Waals surface area contributed by atoms with Crippen LogP contribution in [-0.2, 0) is 0 Å². The Labute approximate surface area is 104 Å². The van der Waals surface area contributed by atoms with E-state index < -0.39 is 0 Å². The van der Waals surface area contributed by atoms with E-state index in [1.165, 1.54) is 19.3 Å². The summed E-state index contributed by atoms with van der Waals surface area (Å²) < 4.78 is 5.64. The van der Waals surface area contributed by atoms with Crippen LogP contribution < -0.4 is 10.1 Å². The van der Waals surface area contributed by atoms with Gasteiger partial charge < -0.3 is 10.1 Å². The molecule has 1 fully saturated rings. The zero-order valence-corrected chi connectivity index (χ0v) is 10.7. The topological polar surface area (TPSA) is 21.3 Å². The maximum absolute atomic E-state index is 5.64. The fourth-order valence-electron chi connectivity index (χ4n) is 2.25. The molecule has 0 radical (unpaired) electrons. The van der Waals surface area contributed by atoms with Crippen LogP contribution in [0.3, 0.4) is 0 Å². The van der Waals surface area contributed by atoms with Crippen LogP contribution in [0.5, 0.6) is 5.75 Å². The first-order valence-electron chi connectivity index (χ1n) is 6.81. The van der Waals surface area contributed by atoms with Crippen molar-refractivity contribution in [3.63, 3.8) is 0 Å². The number of para-hydroxylation sites is 1. The summed E-state index contributed by atoms with van der Waals surface area (Å²) in [5.41, 5.74) is 0. The van der Waals surface area contributed by atoms with E-state index in [-0.39, 0.29) is 0 Å². The molecule has 0 aromatic heterocycles. The van der Waals surface area contributed by atoms with E-state index in [4.69, 9.17) is 4.74 Å². The summed E-state index contributed by atoms with van der Waals surface area (Å²) in [6.07, 6.45) is 5.18.